The molecule has 3 aliphatic heterocycles. The Morgan fingerprint density at radius 2 is 1.93 bits per heavy atom. The smallest absolute Gasteiger partial charge is 0.338 e. The number of nitrogens with zero attached hydrogens (tertiary/aromatic N) is 1. The van der Waals surface area contributed by atoms with Crippen molar-refractivity contribution < 1.29 is 33.7 Å². The predicted octanol–water partition coefficient (Wildman–Crippen LogP) is 0.221. The van der Waals surface area contributed by atoms with Crippen molar-refractivity contribution in [3.8, 4) is 0 Å². The zero-order valence-corrected chi connectivity index (χ0v) is 16.2. The van der Waals surface area contributed by atoms with E-state index in [2.05, 4.69) is 0 Å². The van der Waals surface area contributed by atoms with Crippen LogP contribution in [0.2, 0.25) is 0 Å². The molecule has 2 bridgehead atoms. The first-order chi connectivity index (χ1) is 12.6. The van der Waals surface area contributed by atoms with Crippen LogP contribution in [0.15, 0.2) is 11.6 Å². The molecule has 0 aliphatic carbocycles. The second-order valence-electron chi connectivity index (χ2n) is 7.96. The lowest BCUT2D eigenvalue weighted by Gasteiger charge is -2.34. The highest BCUT2D eigenvalue weighted by molar-refractivity contribution is 6.00. The summed E-state index contributed by atoms with van der Waals surface area (Å²) in [6, 6.07) is 0. The summed E-state index contributed by atoms with van der Waals surface area (Å²) >= 11 is 0. The normalized spacial score (nSPS) is 43.4. The number of likely N-dealkylation sites (N-methyl/N-ethyl adjacent to an activating group) is 1. The van der Waals surface area contributed by atoms with E-state index in [9.17, 15) is 19.5 Å². The summed E-state index contributed by atoms with van der Waals surface area (Å²) < 4.78 is 16.4. The molecule has 2 saturated heterocycles. The molecule has 0 saturated carbocycles. The summed E-state index contributed by atoms with van der Waals surface area (Å²) in [7, 11) is 1.89. The average molecular weight is 381 g/mol. The first-order valence-electron chi connectivity index (χ1n) is 9.26. The first kappa shape index (κ1) is 20.0. The summed E-state index contributed by atoms with van der Waals surface area (Å²) in [5.74, 6) is -2.47. The van der Waals surface area contributed by atoms with Gasteiger partial charge < -0.3 is 24.2 Å². The Hall–Kier alpha value is -1.77. The molecule has 0 aromatic heterocycles. The molecule has 8 nitrogen and oxygen atoms in total. The van der Waals surface area contributed by atoms with Crippen molar-refractivity contribution in [2.24, 2.45) is 5.92 Å². The maximum absolute atomic E-state index is 12.8. The van der Waals surface area contributed by atoms with Gasteiger partial charge in [0.2, 0.25) is 5.78 Å². The van der Waals surface area contributed by atoms with Gasteiger partial charge in [0.15, 0.2) is 11.7 Å². The number of hydrogen-bond acceptors (Lipinski definition) is 8. The third-order valence-corrected chi connectivity index (χ3v) is 6.10. The van der Waals surface area contributed by atoms with Gasteiger partial charge in [0, 0.05) is 31.0 Å². The second-order valence-corrected chi connectivity index (χ2v) is 7.96. The number of rotatable bonds is 0. The van der Waals surface area contributed by atoms with Crippen molar-refractivity contribution in [1.82, 2.24) is 4.90 Å². The van der Waals surface area contributed by atoms with Gasteiger partial charge in [0.1, 0.15) is 12.2 Å². The maximum atomic E-state index is 12.8. The Morgan fingerprint density at radius 3 is 2.56 bits per heavy atom. The van der Waals surface area contributed by atoms with E-state index in [0.717, 1.165) is 0 Å². The molecule has 0 radical (unpaired) electrons. The van der Waals surface area contributed by atoms with Crippen molar-refractivity contribution in [2.45, 2.75) is 57.0 Å². The van der Waals surface area contributed by atoms with Gasteiger partial charge in [-0.1, -0.05) is 13.0 Å². The summed E-state index contributed by atoms with van der Waals surface area (Å²) in [5, 5.41) is 10.8. The first-order valence-corrected chi connectivity index (χ1v) is 9.26. The summed E-state index contributed by atoms with van der Waals surface area (Å²) in [6.45, 7) is 5.61. The number of ketones is 1. The van der Waals surface area contributed by atoms with Crippen LogP contribution in [0.1, 0.15) is 33.6 Å². The van der Waals surface area contributed by atoms with Crippen LogP contribution in [0.25, 0.3) is 0 Å². The quantitative estimate of drug-likeness (QED) is 0.469. The standard InChI is InChI=1S/C19H27NO7/c1-11-18(3,24)17(23)25-10-13-5-7-20(4)8-6-14(16(13)22)26-15(21)9-19(11)12(2)27-19/h5,11-12,14,24H,6-10H2,1-4H3/b13-5-/t11-,12+,14+,18-,19+/m1/s1. The van der Waals surface area contributed by atoms with Crippen LogP contribution in [-0.4, -0.2) is 77.9 Å². The molecule has 0 aromatic rings. The lowest BCUT2D eigenvalue weighted by atomic mass is 9.76. The molecule has 27 heavy (non-hydrogen) atoms. The van der Waals surface area contributed by atoms with Gasteiger partial charge in [-0.15, -0.1) is 0 Å². The number of esters is 2. The molecule has 0 amide bonds. The predicted molar refractivity (Wildman–Crippen MR) is 93.7 cm³/mol. The van der Waals surface area contributed by atoms with Crippen LogP contribution in [0.4, 0.5) is 0 Å². The molecule has 5 atom stereocenters. The highest BCUT2D eigenvalue weighted by atomic mass is 16.6. The Labute approximate surface area is 158 Å². The van der Waals surface area contributed by atoms with Crippen molar-refractivity contribution in [2.75, 3.05) is 26.7 Å². The minimum absolute atomic E-state index is 0.141. The van der Waals surface area contributed by atoms with Crippen LogP contribution < -0.4 is 0 Å². The maximum Gasteiger partial charge on any atom is 0.338 e. The fourth-order valence-corrected chi connectivity index (χ4v) is 3.83. The van der Waals surface area contributed by atoms with E-state index in [1.807, 2.05) is 11.9 Å². The zero-order valence-electron chi connectivity index (χ0n) is 16.2. The molecule has 1 N–H and O–H groups in total. The van der Waals surface area contributed by atoms with Crippen LogP contribution >= 0.6 is 0 Å². The van der Waals surface area contributed by atoms with Crippen molar-refractivity contribution in [3.63, 3.8) is 0 Å². The SMILES string of the molecule is C[C@@H]1O[C@]12CC(=O)O[C@H]1CCN(C)C/C=C(/COC(=O)[C@](C)(O)[C@H]2C)C1=O. The van der Waals surface area contributed by atoms with Crippen molar-refractivity contribution in [3.05, 3.63) is 11.6 Å². The van der Waals surface area contributed by atoms with Crippen molar-refractivity contribution in [1.29, 1.82) is 0 Å². The summed E-state index contributed by atoms with van der Waals surface area (Å²) in [4.78, 5) is 39.9. The number of fused-ring (bicyclic) bond motifs is 2. The number of carbonyl (C=O) groups excluding carboxylic acids is 3. The fraction of sp³-hybridized carbons (Fsp3) is 0.737. The third-order valence-electron chi connectivity index (χ3n) is 6.10. The zero-order chi connectivity index (χ0) is 20.0. The van der Waals surface area contributed by atoms with E-state index < -0.39 is 35.2 Å². The Kier molecular flexibility index (Phi) is 5.18. The largest absolute Gasteiger partial charge is 0.459 e. The monoisotopic (exact) mass is 381 g/mol. The fourth-order valence-electron chi connectivity index (χ4n) is 3.83. The summed E-state index contributed by atoms with van der Waals surface area (Å²) in [5.41, 5.74) is -2.62. The molecule has 8 heteroatoms. The van der Waals surface area contributed by atoms with Crippen LogP contribution in [-0.2, 0) is 28.6 Å². The summed E-state index contributed by atoms with van der Waals surface area (Å²) in [6.07, 6.45) is 0.650. The molecule has 0 aromatic carbocycles. The number of Topliss-reactive ketones (excluding diaryl/α,β-unsaturated/α-hetero) is 1. The van der Waals surface area contributed by atoms with E-state index in [1.165, 1.54) is 6.92 Å². The van der Waals surface area contributed by atoms with Crippen LogP contribution in [0.5, 0.6) is 0 Å². The minimum Gasteiger partial charge on any atom is -0.459 e. The number of epoxide rings is 1. The number of ether oxygens (including phenoxy) is 3. The number of carbonyl (C=O) groups is 3. The van der Waals surface area contributed by atoms with Gasteiger partial charge in [-0.2, -0.15) is 0 Å². The van der Waals surface area contributed by atoms with E-state index >= 15 is 0 Å². The van der Waals surface area contributed by atoms with Crippen molar-refractivity contribution >= 4 is 17.7 Å². The van der Waals surface area contributed by atoms with E-state index in [0.29, 0.717) is 19.5 Å². The topological polar surface area (TPSA) is 106 Å². The molecule has 2 fully saturated rings. The Balaban J connectivity index is 1.95. The Bertz CT molecular complexity index is 686. The Morgan fingerprint density at radius 1 is 1.26 bits per heavy atom. The van der Waals surface area contributed by atoms with Gasteiger partial charge in [-0.25, -0.2) is 4.79 Å². The van der Waals surface area contributed by atoms with Gasteiger partial charge in [0.05, 0.1) is 12.5 Å². The molecule has 1 spiro atoms. The molecule has 3 aliphatic rings. The van der Waals surface area contributed by atoms with E-state index in [4.69, 9.17) is 14.2 Å². The highest BCUT2D eigenvalue weighted by Gasteiger charge is 2.64. The molecular formula is C19H27NO7. The second kappa shape index (κ2) is 7.00. The van der Waals surface area contributed by atoms with E-state index in [-0.39, 0.29) is 30.5 Å². The van der Waals surface area contributed by atoms with Crippen LogP contribution in [0, 0.1) is 5.92 Å². The number of hydrogen-bond donors (Lipinski definition) is 1. The third kappa shape index (κ3) is 3.66. The molecule has 3 heterocycles. The molecule has 0 unspecified atom stereocenters. The minimum atomic E-state index is -1.87. The molecule has 3 rings (SSSR count). The van der Waals surface area contributed by atoms with Crippen LogP contribution in [0.3, 0.4) is 0 Å². The lowest BCUT2D eigenvalue weighted by Crippen LogP contribution is -2.51. The molecule has 150 valence electrons. The average Bonchev–Trinajstić information content (AvgIpc) is 3.25. The van der Waals surface area contributed by atoms with Gasteiger partial charge in [-0.05, 0) is 20.9 Å². The van der Waals surface area contributed by atoms with Gasteiger partial charge >= 0.3 is 11.9 Å². The highest BCUT2D eigenvalue weighted by Crippen LogP contribution is 2.50. The number of aliphatic hydroxyl groups is 1. The van der Waals surface area contributed by atoms with E-state index in [1.54, 1.807) is 19.9 Å². The van der Waals surface area contributed by atoms with Gasteiger partial charge in [-0.3, -0.25) is 9.59 Å². The molecular weight excluding hydrogens is 354 g/mol. The lowest BCUT2D eigenvalue weighted by molar-refractivity contribution is -0.174. The number of cyclic esters (lactones) is 1. The van der Waals surface area contributed by atoms with Gasteiger partial charge in [0.25, 0.3) is 0 Å².